The van der Waals surface area contributed by atoms with Crippen LogP contribution >= 0.6 is 0 Å². The molecular weight excluding hydrogens is 301 g/mol. The van der Waals surface area contributed by atoms with Gasteiger partial charge in [0.1, 0.15) is 5.82 Å². The molecule has 2 rings (SSSR count). The quantitative estimate of drug-likeness (QED) is 0.766. The molecule has 1 aromatic heterocycles. The number of carbonyl (C=O) groups is 2. The fourth-order valence-electron chi connectivity index (χ4n) is 1.98. The van der Waals surface area contributed by atoms with Crippen LogP contribution in [0.4, 0.5) is 4.39 Å². The summed E-state index contributed by atoms with van der Waals surface area (Å²) < 4.78 is 22.7. The molecule has 0 amide bonds. The molecule has 0 spiro atoms. The van der Waals surface area contributed by atoms with Gasteiger partial charge in [-0.3, -0.25) is 9.78 Å². The number of aromatic nitrogens is 1. The zero-order valence-corrected chi connectivity index (χ0v) is 12.6. The highest BCUT2D eigenvalue weighted by molar-refractivity contribution is 5.80. The van der Waals surface area contributed by atoms with Crippen LogP contribution in [0.5, 0.6) is 0 Å². The Morgan fingerprint density at radius 1 is 1.22 bits per heavy atom. The summed E-state index contributed by atoms with van der Waals surface area (Å²) in [4.78, 5) is 27.7. The third-order valence-electron chi connectivity index (χ3n) is 3.18. The monoisotopic (exact) mass is 317 g/mol. The lowest BCUT2D eigenvalue weighted by atomic mass is 10.1. The van der Waals surface area contributed by atoms with Crippen LogP contribution in [0.1, 0.15) is 23.7 Å². The van der Waals surface area contributed by atoms with Crippen molar-refractivity contribution in [3.63, 3.8) is 0 Å². The number of benzene rings is 1. The normalized spacial score (nSPS) is 11.6. The van der Waals surface area contributed by atoms with Crippen LogP contribution in [0.3, 0.4) is 0 Å². The van der Waals surface area contributed by atoms with E-state index in [2.05, 4.69) is 9.72 Å². The van der Waals surface area contributed by atoms with Crippen LogP contribution < -0.4 is 0 Å². The summed E-state index contributed by atoms with van der Waals surface area (Å²) in [5.74, 6) is -1.56. The largest absolute Gasteiger partial charge is 0.466 e. The van der Waals surface area contributed by atoms with Crippen molar-refractivity contribution in [2.45, 2.75) is 18.9 Å². The van der Waals surface area contributed by atoms with E-state index >= 15 is 0 Å². The van der Waals surface area contributed by atoms with Crippen LogP contribution in [-0.2, 0) is 25.5 Å². The van der Waals surface area contributed by atoms with E-state index in [1.54, 1.807) is 30.5 Å². The summed E-state index contributed by atoms with van der Waals surface area (Å²) >= 11 is 0. The minimum Gasteiger partial charge on any atom is -0.466 e. The van der Waals surface area contributed by atoms with Crippen LogP contribution in [-0.4, -0.2) is 24.0 Å². The van der Waals surface area contributed by atoms with Crippen LogP contribution in [0.15, 0.2) is 48.8 Å². The number of esters is 2. The molecule has 1 atom stereocenters. The summed E-state index contributed by atoms with van der Waals surface area (Å²) in [7, 11) is 1.22. The van der Waals surface area contributed by atoms with Crippen molar-refractivity contribution in [3.8, 4) is 0 Å². The van der Waals surface area contributed by atoms with E-state index in [4.69, 9.17) is 4.74 Å². The molecule has 0 aliphatic carbocycles. The van der Waals surface area contributed by atoms with Gasteiger partial charge in [-0.15, -0.1) is 0 Å². The molecule has 0 saturated carbocycles. The molecule has 0 fully saturated rings. The summed E-state index contributed by atoms with van der Waals surface area (Å²) in [6, 6.07) is 9.11. The van der Waals surface area contributed by atoms with E-state index in [-0.39, 0.29) is 12.2 Å². The van der Waals surface area contributed by atoms with E-state index in [0.717, 1.165) is 5.56 Å². The van der Waals surface area contributed by atoms with Gasteiger partial charge in [-0.1, -0.05) is 18.2 Å². The third-order valence-corrected chi connectivity index (χ3v) is 3.18. The summed E-state index contributed by atoms with van der Waals surface area (Å²) in [5.41, 5.74) is 1.24. The maximum atomic E-state index is 12.8. The van der Waals surface area contributed by atoms with Gasteiger partial charge in [-0.25, -0.2) is 9.18 Å². The zero-order valence-electron chi connectivity index (χ0n) is 12.6. The Kier molecular flexibility index (Phi) is 5.80. The number of methoxy groups -OCH3 is 1. The molecule has 0 radical (unpaired) electrons. The van der Waals surface area contributed by atoms with Crippen molar-refractivity contribution in [3.05, 3.63) is 65.7 Å². The Bertz CT molecular complexity index is 658. The van der Waals surface area contributed by atoms with Crippen LogP contribution in [0.25, 0.3) is 0 Å². The second-order valence-electron chi connectivity index (χ2n) is 4.81. The van der Waals surface area contributed by atoms with E-state index in [0.29, 0.717) is 12.0 Å². The zero-order chi connectivity index (χ0) is 16.7. The summed E-state index contributed by atoms with van der Waals surface area (Å²) in [6.07, 6.45) is 2.30. The first-order valence-electron chi connectivity index (χ1n) is 7.02. The van der Waals surface area contributed by atoms with Crippen molar-refractivity contribution < 1.29 is 23.5 Å². The standard InChI is InChI=1S/C17H16FNO4/c1-22-17(21)16(13-3-2-10-19-11-13)23-15(20)9-6-12-4-7-14(18)8-5-12/h2-5,7-8,10-11,16H,6,9H2,1H3/t16-/m1/s1. The summed E-state index contributed by atoms with van der Waals surface area (Å²) in [5, 5.41) is 0. The van der Waals surface area contributed by atoms with E-state index in [1.807, 2.05) is 0 Å². The number of halogens is 1. The van der Waals surface area contributed by atoms with Crippen molar-refractivity contribution in [1.82, 2.24) is 4.98 Å². The van der Waals surface area contributed by atoms with Gasteiger partial charge in [-0.2, -0.15) is 0 Å². The predicted octanol–water partition coefficient (Wildman–Crippen LogP) is 2.61. The fraction of sp³-hybridized carbons (Fsp3) is 0.235. The average molecular weight is 317 g/mol. The number of pyridine rings is 1. The highest BCUT2D eigenvalue weighted by Gasteiger charge is 2.25. The first-order chi connectivity index (χ1) is 11.1. The second-order valence-corrected chi connectivity index (χ2v) is 4.81. The predicted molar refractivity (Wildman–Crippen MR) is 79.8 cm³/mol. The molecule has 0 aliphatic heterocycles. The van der Waals surface area contributed by atoms with Crippen molar-refractivity contribution in [1.29, 1.82) is 0 Å². The maximum absolute atomic E-state index is 12.8. The molecule has 2 aromatic rings. The number of hydrogen-bond donors (Lipinski definition) is 0. The van der Waals surface area contributed by atoms with Gasteiger partial charge < -0.3 is 9.47 Å². The number of aryl methyl sites for hydroxylation is 1. The average Bonchev–Trinajstić information content (AvgIpc) is 2.59. The Hall–Kier alpha value is -2.76. The second kappa shape index (κ2) is 8.03. The molecular formula is C17H16FNO4. The molecule has 1 heterocycles. The molecule has 5 nitrogen and oxygen atoms in total. The van der Waals surface area contributed by atoms with E-state index in [9.17, 15) is 14.0 Å². The van der Waals surface area contributed by atoms with Crippen molar-refractivity contribution >= 4 is 11.9 Å². The molecule has 0 unspecified atom stereocenters. The van der Waals surface area contributed by atoms with Gasteiger partial charge in [0.05, 0.1) is 7.11 Å². The highest BCUT2D eigenvalue weighted by atomic mass is 19.1. The number of carbonyl (C=O) groups excluding carboxylic acids is 2. The van der Waals surface area contributed by atoms with Gasteiger partial charge in [0.25, 0.3) is 0 Å². The lowest BCUT2D eigenvalue weighted by molar-refractivity contribution is -0.166. The lowest BCUT2D eigenvalue weighted by Crippen LogP contribution is -2.21. The van der Waals surface area contributed by atoms with Gasteiger partial charge >= 0.3 is 11.9 Å². The first kappa shape index (κ1) is 16.6. The minimum atomic E-state index is -1.14. The number of rotatable bonds is 6. The Morgan fingerprint density at radius 3 is 2.57 bits per heavy atom. The first-order valence-corrected chi connectivity index (χ1v) is 7.02. The minimum absolute atomic E-state index is 0.0688. The number of nitrogens with zero attached hydrogens (tertiary/aromatic N) is 1. The van der Waals surface area contributed by atoms with Crippen LogP contribution in [0.2, 0.25) is 0 Å². The number of hydrogen-bond acceptors (Lipinski definition) is 5. The maximum Gasteiger partial charge on any atom is 0.352 e. The highest BCUT2D eigenvalue weighted by Crippen LogP contribution is 2.19. The van der Waals surface area contributed by atoms with Gasteiger partial charge in [-0.05, 0) is 30.2 Å². The fourth-order valence-corrected chi connectivity index (χ4v) is 1.98. The van der Waals surface area contributed by atoms with E-state index in [1.165, 1.54) is 25.4 Å². The molecule has 6 heteroatoms. The molecule has 23 heavy (non-hydrogen) atoms. The van der Waals surface area contributed by atoms with Crippen LogP contribution in [0, 0.1) is 5.82 Å². The smallest absolute Gasteiger partial charge is 0.352 e. The molecule has 120 valence electrons. The Morgan fingerprint density at radius 2 is 1.96 bits per heavy atom. The summed E-state index contributed by atoms with van der Waals surface area (Å²) in [6.45, 7) is 0. The Labute approximate surface area is 133 Å². The van der Waals surface area contributed by atoms with E-state index < -0.39 is 18.0 Å². The van der Waals surface area contributed by atoms with Gasteiger partial charge in [0.2, 0.25) is 6.10 Å². The van der Waals surface area contributed by atoms with Crippen molar-refractivity contribution in [2.75, 3.05) is 7.11 Å². The molecule has 1 aromatic carbocycles. The molecule has 0 N–H and O–H groups in total. The lowest BCUT2D eigenvalue weighted by Gasteiger charge is -2.15. The molecule has 0 aliphatic rings. The topological polar surface area (TPSA) is 65.5 Å². The Balaban J connectivity index is 1.97. The van der Waals surface area contributed by atoms with Crippen molar-refractivity contribution in [2.24, 2.45) is 0 Å². The number of ether oxygens (including phenoxy) is 2. The molecule has 0 saturated heterocycles. The molecule has 0 bridgehead atoms. The third kappa shape index (κ3) is 4.88. The van der Waals surface area contributed by atoms with Gasteiger partial charge in [0, 0.05) is 24.4 Å². The SMILES string of the molecule is COC(=O)[C@H](OC(=O)CCc1ccc(F)cc1)c1cccnc1. The van der Waals surface area contributed by atoms with Gasteiger partial charge in [0.15, 0.2) is 0 Å².